The molecule has 2 atom stereocenters. The standard InChI is InChI=1S/C15H17Cl2NO/c16-13-4-1-10(8-14(13)17)15(19)7-9-5-11-2-3-12(6-9)18-11/h1,4,8-9,11-12,18H,2-3,5-7H2. The third-order valence-corrected chi connectivity index (χ3v) is 5.03. The quantitative estimate of drug-likeness (QED) is 0.851. The smallest absolute Gasteiger partial charge is 0.163 e. The maximum atomic E-state index is 12.3. The summed E-state index contributed by atoms with van der Waals surface area (Å²) in [5.41, 5.74) is 0.681. The normalized spacial score (nSPS) is 29.5. The highest BCUT2D eigenvalue weighted by molar-refractivity contribution is 6.42. The molecular weight excluding hydrogens is 281 g/mol. The summed E-state index contributed by atoms with van der Waals surface area (Å²) in [4.78, 5) is 12.3. The number of hydrogen-bond donors (Lipinski definition) is 1. The number of rotatable bonds is 3. The number of benzene rings is 1. The Balaban J connectivity index is 1.66. The Bertz CT molecular complexity index is 491. The summed E-state index contributed by atoms with van der Waals surface area (Å²) >= 11 is 11.8. The summed E-state index contributed by atoms with van der Waals surface area (Å²) < 4.78 is 0. The Morgan fingerprint density at radius 3 is 2.47 bits per heavy atom. The number of hydrogen-bond acceptors (Lipinski definition) is 2. The molecule has 1 N–H and O–H groups in total. The first-order valence-electron chi connectivity index (χ1n) is 6.86. The van der Waals surface area contributed by atoms with Crippen LogP contribution in [-0.4, -0.2) is 17.9 Å². The lowest BCUT2D eigenvalue weighted by atomic mass is 9.87. The van der Waals surface area contributed by atoms with Crippen LogP contribution in [0.25, 0.3) is 0 Å². The summed E-state index contributed by atoms with van der Waals surface area (Å²) in [6, 6.07) is 6.41. The van der Waals surface area contributed by atoms with E-state index in [1.165, 1.54) is 12.8 Å². The molecule has 1 aromatic carbocycles. The number of fused-ring (bicyclic) bond motifs is 2. The monoisotopic (exact) mass is 297 g/mol. The second kappa shape index (κ2) is 5.43. The first kappa shape index (κ1) is 13.4. The van der Waals surface area contributed by atoms with Gasteiger partial charge in [0.05, 0.1) is 10.0 Å². The molecule has 0 radical (unpaired) electrons. The van der Waals surface area contributed by atoms with Gasteiger partial charge in [0.2, 0.25) is 0 Å². The van der Waals surface area contributed by atoms with Crippen LogP contribution in [0.5, 0.6) is 0 Å². The SMILES string of the molecule is O=C(CC1CC2CCC(C1)N2)c1ccc(Cl)c(Cl)c1. The lowest BCUT2D eigenvalue weighted by Crippen LogP contribution is -2.38. The number of Topliss-reactive ketones (excluding diaryl/α,β-unsaturated/α-hetero) is 1. The van der Waals surface area contributed by atoms with E-state index in [0.29, 0.717) is 40.0 Å². The van der Waals surface area contributed by atoms with Crippen molar-refractivity contribution in [1.29, 1.82) is 0 Å². The van der Waals surface area contributed by atoms with Gasteiger partial charge in [-0.1, -0.05) is 23.2 Å². The van der Waals surface area contributed by atoms with Gasteiger partial charge in [-0.25, -0.2) is 0 Å². The molecule has 19 heavy (non-hydrogen) atoms. The van der Waals surface area contributed by atoms with E-state index in [-0.39, 0.29) is 5.78 Å². The molecule has 2 aliphatic rings. The van der Waals surface area contributed by atoms with Crippen LogP contribution in [0.1, 0.15) is 42.5 Å². The molecule has 2 saturated heterocycles. The fourth-order valence-corrected chi connectivity index (χ4v) is 3.69. The van der Waals surface area contributed by atoms with Crippen molar-refractivity contribution >= 4 is 29.0 Å². The van der Waals surface area contributed by atoms with Gasteiger partial charge in [0.15, 0.2) is 5.78 Å². The number of ketones is 1. The van der Waals surface area contributed by atoms with Crippen molar-refractivity contribution in [3.05, 3.63) is 33.8 Å². The third-order valence-electron chi connectivity index (χ3n) is 4.29. The van der Waals surface area contributed by atoms with Gasteiger partial charge < -0.3 is 5.32 Å². The van der Waals surface area contributed by atoms with Crippen LogP contribution in [0.2, 0.25) is 10.0 Å². The average Bonchev–Trinajstić information content (AvgIpc) is 2.72. The fourth-order valence-electron chi connectivity index (χ4n) is 3.39. The molecule has 2 aliphatic heterocycles. The maximum absolute atomic E-state index is 12.3. The van der Waals surface area contributed by atoms with E-state index < -0.39 is 0 Å². The second-order valence-electron chi connectivity index (χ2n) is 5.73. The van der Waals surface area contributed by atoms with Crippen LogP contribution >= 0.6 is 23.2 Å². The molecule has 2 heterocycles. The summed E-state index contributed by atoms with van der Waals surface area (Å²) in [6.45, 7) is 0. The second-order valence-corrected chi connectivity index (χ2v) is 6.55. The predicted molar refractivity (Wildman–Crippen MR) is 78.1 cm³/mol. The molecule has 102 valence electrons. The van der Waals surface area contributed by atoms with Gasteiger partial charge in [0.1, 0.15) is 0 Å². The van der Waals surface area contributed by atoms with Crippen molar-refractivity contribution in [2.24, 2.45) is 5.92 Å². The number of carbonyl (C=O) groups excluding carboxylic acids is 1. The minimum atomic E-state index is 0.185. The Morgan fingerprint density at radius 2 is 1.84 bits per heavy atom. The van der Waals surface area contributed by atoms with E-state index in [4.69, 9.17) is 23.2 Å². The zero-order valence-corrected chi connectivity index (χ0v) is 12.2. The molecule has 0 aliphatic carbocycles. The van der Waals surface area contributed by atoms with E-state index in [0.717, 1.165) is 12.8 Å². The molecule has 2 nitrogen and oxygen atoms in total. The van der Waals surface area contributed by atoms with Gasteiger partial charge in [0.25, 0.3) is 0 Å². The van der Waals surface area contributed by atoms with Crippen molar-refractivity contribution in [3.8, 4) is 0 Å². The molecule has 2 unspecified atom stereocenters. The van der Waals surface area contributed by atoms with E-state index in [1.807, 2.05) is 0 Å². The Hall–Kier alpha value is -0.570. The molecule has 2 fully saturated rings. The minimum absolute atomic E-state index is 0.185. The van der Waals surface area contributed by atoms with Gasteiger partial charge in [0, 0.05) is 24.1 Å². The molecular formula is C15H17Cl2NO. The number of carbonyl (C=O) groups is 1. The van der Waals surface area contributed by atoms with Crippen LogP contribution in [0, 0.1) is 5.92 Å². The van der Waals surface area contributed by atoms with Crippen molar-refractivity contribution in [2.45, 2.75) is 44.2 Å². The molecule has 2 bridgehead atoms. The largest absolute Gasteiger partial charge is 0.311 e. The van der Waals surface area contributed by atoms with Crippen LogP contribution < -0.4 is 5.32 Å². The van der Waals surface area contributed by atoms with Crippen LogP contribution in [0.4, 0.5) is 0 Å². The number of halogens is 2. The zero-order valence-electron chi connectivity index (χ0n) is 10.7. The molecule has 0 amide bonds. The Labute approximate surface area is 123 Å². The highest BCUT2D eigenvalue weighted by atomic mass is 35.5. The molecule has 0 spiro atoms. The van der Waals surface area contributed by atoms with Crippen molar-refractivity contribution < 1.29 is 4.79 Å². The first-order chi connectivity index (χ1) is 9.11. The van der Waals surface area contributed by atoms with Crippen LogP contribution in [-0.2, 0) is 0 Å². The van der Waals surface area contributed by atoms with E-state index in [2.05, 4.69) is 5.32 Å². The van der Waals surface area contributed by atoms with Crippen LogP contribution in [0.15, 0.2) is 18.2 Å². The Kier molecular flexibility index (Phi) is 3.84. The predicted octanol–water partition coefficient (Wildman–Crippen LogP) is 4.10. The van der Waals surface area contributed by atoms with Crippen molar-refractivity contribution in [2.75, 3.05) is 0 Å². The molecule has 0 saturated carbocycles. The van der Waals surface area contributed by atoms with E-state index in [9.17, 15) is 4.79 Å². The van der Waals surface area contributed by atoms with Crippen molar-refractivity contribution in [3.63, 3.8) is 0 Å². The summed E-state index contributed by atoms with van der Waals surface area (Å²) in [6.07, 6.45) is 5.42. The lowest BCUT2D eigenvalue weighted by Gasteiger charge is -2.28. The van der Waals surface area contributed by atoms with Gasteiger partial charge in [-0.05, 0) is 49.8 Å². The lowest BCUT2D eigenvalue weighted by molar-refractivity contribution is 0.0945. The topological polar surface area (TPSA) is 29.1 Å². The highest BCUT2D eigenvalue weighted by Crippen LogP contribution is 2.33. The van der Waals surface area contributed by atoms with Gasteiger partial charge in [-0.15, -0.1) is 0 Å². The number of nitrogens with one attached hydrogen (secondary N) is 1. The summed E-state index contributed by atoms with van der Waals surface area (Å²) in [5.74, 6) is 0.700. The average molecular weight is 298 g/mol. The first-order valence-corrected chi connectivity index (χ1v) is 7.61. The maximum Gasteiger partial charge on any atom is 0.163 e. The van der Waals surface area contributed by atoms with E-state index in [1.54, 1.807) is 18.2 Å². The molecule has 1 aromatic rings. The summed E-state index contributed by atoms with van der Waals surface area (Å²) in [7, 11) is 0. The van der Waals surface area contributed by atoms with Gasteiger partial charge in [-0.2, -0.15) is 0 Å². The third kappa shape index (κ3) is 2.96. The molecule has 3 rings (SSSR count). The molecule has 4 heteroatoms. The molecule has 0 aromatic heterocycles. The number of piperidine rings is 1. The highest BCUT2D eigenvalue weighted by Gasteiger charge is 2.34. The minimum Gasteiger partial charge on any atom is -0.311 e. The Morgan fingerprint density at radius 1 is 1.16 bits per heavy atom. The summed E-state index contributed by atoms with van der Waals surface area (Å²) in [5, 5.41) is 4.55. The van der Waals surface area contributed by atoms with E-state index >= 15 is 0 Å². The van der Waals surface area contributed by atoms with Crippen molar-refractivity contribution in [1.82, 2.24) is 5.32 Å². The van der Waals surface area contributed by atoms with Gasteiger partial charge in [-0.3, -0.25) is 4.79 Å². The van der Waals surface area contributed by atoms with Gasteiger partial charge >= 0.3 is 0 Å². The van der Waals surface area contributed by atoms with Crippen LogP contribution in [0.3, 0.4) is 0 Å². The zero-order chi connectivity index (χ0) is 13.4. The fraction of sp³-hybridized carbons (Fsp3) is 0.533.